The monoisotopic (exact) mass is 562 g/mol. The minimum atomic E-state index is -0.721. The van der Waals surface area contributed by atoms with Gasteiger partial charge in [0, 0.05) is 57.4 Å². The summed E-state index contributed by atoms with van der Waals surface area (Å²) in [6, 6.07) is 16.1. The maximum atomic E-state index is 15.3. The minimum absolute atomic E-state index is 0.0623. The highest BCUT2D eigenvalue weighted by atomic mass is 19.1. The lowest BCUT2D eigenvalue weighted by molar-refractivity contribution is 0.102. The molecule has 0 unspecified atom stereocenters. The lowest BCUT2D eigenvalue weighted by Gasteiger charge is -2.14. The molecule has 0 aliphatic rings. The average molecular weight is 563 g/mol. The van der Waals surface area contributed by atoms with Gasteiger partial charge in [0.25, 0.3) is 11.5 Å². The van der Waals surface area contributed by atoms with Crippen LogP contribution < -0.4 is 15.6 Å². The van der Waals surface area contributed by atoms with Gasteiger partial charge in [0.2, 0.25) is 0 Å². The summed E-state index contributed by atoms with van der Waals surface area (Å²) in [5.74, 6) is -1.54. The van der Waals surface area contributed by atoms with E-state index in [9.17, 15) is 14.0 Å². The van der Waals surface area contributed by atoms with Crippen molar-refractivity contribution in [2.45, 2.75) is 6.92 Å². The number of benzene rings is 3. The molecule has 11 heteroatoms. The van der Waals surface area contributed by atoms with Crippen molar-refractivity contribution < 1.29 is 18.3 Å². The van der Waals surface area contributed by atoms with Crippen LogP contribution in [0.1, 0.15) is 16.1 Å². The first-order valence-corrected chi connectivity index (χ1v) is 12.9. The number of pyridine rings is 1. The van der Waals surface area contributed by atoms with Crippen molar-refractivity contribution in [3.8, 4) is 28.3 Å². The molecular weight excluding hydrogens is 542 g/mol. The predicted molar refractivity (Wildman–Crippen MR) is 153 cm³/mol. The molecule has 0 aliphatic heterocycles. The first-order valence-electron chi connectivity index (χ1n) is 12.9. The van der Waals surface area contributed by atoms with Gasteiger partial charge in [0.1, 0.15) is 17.1 Å². The number of halogens is 2. The van der Waals surface area contributed by atoms with Crippen LogP contribution >= 0.6 is 0 Å². The highest BCUT2D eigenvalue weighted by Crippen LogP contribution is 2.42. The third-order valence-electron chi connectivity index (χ3n) is 7.07. The van der Waals surface area contributed by atoms with Gasteiger partial charge in [-0.15, -0.1) is 0 Å². The fourth-order valence-corrected chi connectivity index (χ4v) is 5.10. The molecule has 4 heterocycles. The zero-order valence-electron chi connectivity index (χ0n) is 21.9. The van der Waals surface area contributed by atoms with E-state index in [1.807, 2.05) is 12.3 Å². The highest BCUT2D eigenvalue weighted by molar-refractivity contribution is 6.07. The molecular formula is C31H20F2N6O3. The van der Waals surface area contributed by atoms with E-state index in [0.717, 1.165) is 33.5 Å². The molecule has 2 N–H and O–H groups in total. The largest absolute Gasteiger partial charge is 0.454 e. The van der Waals surface area contributed by atoms with Gasteiger partial charge >= 0.3 is 0 Å². The molecule has 4 aromatic heterocycles. The normalized spacial score (nSPS) is 11.4. The van der Waals surface area contributed by atoms with E-state index in [4.69, 9.17) is 4.74 Å². The Bertz CT molecular complexity index is 2170. The number of H-pyrrole nitrogens is 1. The Morgan fingerprint density at radius 3 is 2.57 bits per heavy atom. The summed E-state index contributed by atoms with van der Waals surface area (Å²) in [7, 11) is 0. The second kappa shape index (κ2) is 9.66. The number of hydrogen-bond acceptors (Lipinski definition) is 5. The maximum Gasteiger partial charge on any atom is 0.268 e. The van der Waals surface area contributed by atoms with Crippen LogP contribution in [0.5, 0.6) is 11.5 Å². The molecule has 0 spiro atoms. The van der Waals surface area contributed by atoms with Gasteiger partial charge in [-0.3, -0.25) is 19.3 Å². The molecule has 0 radical (unpaired) electrons. The van der Waals surface area contributed by atoms with Gasteiger partial charge < -0.3 is 10.1 Å². The van der Waals surface area contributed by atoms with E-state index in [1.54, 1.807) is 42.2 Å². The minimum Gasteiger partial charge on any atom is -0.454 e. The topological polar surface area (TPSA) is 106 Å². The molecule has 0 aliphatic carbocycles. The zero-order valence-corrected chi connectivity index (χ0v) is 21.9. The van der Waals surface area contributed by atoms with Crippen molar-refractivity contribution >= 4 is 27.9 Å². The zero-order chi connectivity index (χ0) is 29.0. The molecule has 42 heavy (non-hydrogen) atoms. The summed E-state index contributed by atoms with van der Waals surface area (Å²) < 4.78 is 37.9. The number of carbonyl (C=O) groups is 1. The number of carbonyl (C=O) groups excluding carboxylic acids is 1. The van der Waals surface area contributed by atoms with Crippen LogP contribution in [0.2, 0.25) is 0 Å². The van der Waals surface area contributed by atoms with Gasteiger partial charge in [0.15, 0.2) is 11.6 Å². The Labute approximate surface area is 236 Å². The molecule has 9 nitrogen and oxygen atoms in total. The first kappa shape index (κ1) is 25.1. The summed E-state index contributed by atoms with van der Waals surface area (Å²) >= 11 is 0. The van der Waals surface area contributed by atoms with Crippen LogP contribution in [-0.2, 0) is 0 Å². The van der Waals surface area contributed by atoms with E-state index in [1.165, 1.54) is 47.0 Å². The number of anilines is 1. The van der Waals surface area contributed by atoms with Crippen molar-refractivity contribution in [2.75, 3.05) is 5.32 Å². The third kappa shape index (κ3) is 4.15. The Morgan fingerprint density at radius 1 is 0.976 bits per heavy atom. The smallest absolute Gasteiger partial charge is 0.268 e. The average Bonchev–Trinajstić information content (AvgIpc) is 3.73. The Morgan fingerprint density at radius 2 is 1.81 bits per heavy atom. The number of aromatic amines is 1. The predicted octanol–water partition coefficient (Wildman–Crippen LogP) is 6.10. The maximum absolute atomic E-state index is 15.3. The number of amides is 1. The Hall–Kier alpha value is -5.84. The summed E-state index contributed by atoms with van der Waals surface area (Å²) in [5.41, 5.74) is 2.75. The van der Waals surface area contributed by atoms with E-state index in [-0.39, 0.29) is 17.0 Å². The van der Waals surface area contributed by atoms with E-state index in [0.29, 0.717) is 17.1 Å². The second-order valence-electron chi connectivity index (χ2n) is 9.70. The van der Waals surface area contributed by atoms with Crippen LogP contribution in [0.15, 0.2) is 96.3 Å². The number of nitrogens with zero attached hydrogens (tertiary/aromatic N) is 4. The number of nitrogens with one attached hydrogen (secondary N) is 2. The van der Waals surface area contributed by atoms with Crippen molar-refractivity contribution in [2.24, 2.45) is 0 Å². The number of hydrogen-bond donors (Lipinski definition) is 2. The second-order valence-corrected chi connectivity index (χ2v) is 9.70. The van der Waals surface area contributed by atoms with E-state index >= 15 is 4.39 Å². The van der Waals surface area contributed by atoms with Crippen LogP contribution in [-0.4, -0.2) is 30.3 Å². The van der Waals surface area contributed by atoms with Gasteiger partial charge in [-0.05, 0) is 67.6 Å². The number of aromatic nitrogens is 5. The summed E-state index contributed by atoms with van der Waals surface area (Å²) in [6.45, 7) is 1.70. The van der Waals surface area contributed by atoms with Crippen LogP contribution in [0.4, 0.5) is 14.5 Å². The van der Waals surface area contributed by atoms with Crippen molar-refractivity contribution in [3.63, 3.8) is 0 Å². The summed E-state index contributed by atoms with van der Waals surface area (Å²) in [4.78, 5) is 26.2. The quantitative estimate of drug-likeness (QED) is 0.255. The van der Waals surface area contributed by atoms with E-state index < -0.39 is 23.1 Å². The standard InChI is InChI=1S/C31H20F2N6O3/c1-17-2-8-24(31(41)39(17)22-6-3-20(32)4-7-22)30(40)37-21-5-9-26(25(33)13-21)42-27-12-18-16-36-38-11-10-23(29(18)38)28(27)19-14-34-35-15-19/h2-16H,1H3,(H,34,35)(H,37,40). The summed E-state index contributed by atoms with van der Waals surface area (Å²) in [5, 5.41) is 15.5. The lowest BCUT2D eigenvalue weighted by Crippen LogP contribution is -2.29. The van der Waals surface area contributed by atoms with Crippen LogP contribution in [0.3, 0.4) is 0 Å². The molecule has 7 aromatic rings. The van der Waals surface area contributed by atoms with Gasteiger partial charge in [-0.25, -0.2) is 13.3 Å². The molecule has 7 rings (SSSR count). The molecule has 206 valence electrons. The molecule has 0 saturated carbocycles. The number of rotatable bonds is 6. The third-order valence-corrected chi connectivity index (χ3v) is 7.07. The Balaban J connectivity index is 1.18. The fourth-order valence-electron chi connectivity index (χ4n) is 5.10. The van der Waals surface area contributed by atoms with E-state index in [2.05, 4.69) is 20.6 Å². The SMILES string of the molecule is Cc1ccc(C(=O)Nc2ccc(Oc3cc4cnn5ccc(c3-c3cn[nH]c3)c45)c(F)c2)c(=O)n1-c1ccc(F)cc1. The molecule has 0 atom stereocenters. The molecule has 0 fully saturated rings. The number of ether oxygens (including phenoxy) is 1. The Kier molecular flexibility index (Phi) is 5.79. The lowest BCUT2D eigenvalue weighted by atomic mass is 10.0. The molecule has 0 saturated heterocycles. The van der Waals surface area contributed by atoms with Crippen molar-refractivity contribution in [3.05, 3.63) is 125 Å². The van der Waals surface area contributed by atoms with Crippen LogP contribution in [0.25, 0.3) is 33.1 Å². The fraction of sp³-hybridized carbons (Fsp3) is 0.0323. The number of aryl methyl sites for hydroxylation is 1. The van der Waals surface area contributed by atoms with Crippen molar-refractivity contribution in [1.29, 1.82) is 0 Å². The molecule has 1 amide bonds. The van der Waals surface area contributed by atoms with Crippen molar-refractivity contribution in [1.82, 2.24) is 24.4 Å². The van der Waals surface area contributed by atoms with Gasteiger partial charge in [0.05, 0.1) is 17.9 Å². The van der Waals surface area contributed by atoms with Crippen LogP contribution in [0, 0.1) is 18.6 Å². The van der Waals surface area contributed by atoms with Gasteiger partial charge in [-0.2, -0.15) is 10.2 Å². The summed E-state index contributed by atoms with van der Waals surface area (Å²) in [6.07, 6.45) is 6.92. The van der Waals surface area contributed by atoms with Gasteiger partial charge in [-0.1, -0.05) is 0 Å². The molecule has 0 bridgehead atoms. The highest BCUT2D eigenvalue weighted by Gasteiger charge is 2.20. The first-order chi connectivity index (χ1) is 20.4. The molecule has 3 aromatic carbocycles.